The molecule has 10 rings (SSSR count). The normalized spacial score (nSPS) is 18.3. The first-order chi connectivity index (χ1) is 34.3. The summed E-state index contributed by atoms with van der Waals surface area (Å²) < 4.78 is 35.4. The van der Waals surface area contributed by atoms with Gasteiger partial charge in [-0.15, -0.1) is 11.3 Å². The Hall–Kier alpha value is -7.68. The molecule has 0 radical (unpaired) electrons. The fourth-order valence-electron chi connectivity index (χ4n) is 9.91. The number of H-pyrrole nitrogens is 2. The van der Waals surface area contributed by atoms with Crippen LogP contribution in [0.15, 0.2) is 73.6 Å². The average Bonchev–Trinajstić information content (AvgIpc) is 4.24. The van der Waals surface area contributed by atoms with Crippen molar-refractivity contribution in [2.45, 2.75) is 83.8 Å². The second kappa shape index (κ2) is 19.3. The number of nitrogens with one attached hydrogen (secondary N) is 4. The molecule has 0 spiro atoms. The Morgan fingerprint density at radius 1 is 0.775 bits per heavy atom. The first-order valence-electron chi connectivity index (χ1n) is 23.6. The predicted molar refractivity (Wildman–Crippen MR) is 260 cm³/mol. The Morgan fingerprint density at radius 2 is 1.39 bits per heavy atom. The van der Waals surface area contributed by atoms with Gasteiger partial charge in [0, 0.05) is 42.0 Å². The molecule has 4 N–H and O–H groups in total. The molecule has 0 bridgehead atoms. The molecule has 5 atom stereocenters. The highest BCUT2D eigenvalue weighted by atomic mass is 32.1. The van der Waals surface area contributed by atoms with Crippen molar-refractivity contribution < 1.29 is 37.8 Å². The van der Waals surface area contributed by atoms with Crippen LogP contribution in [0.3, 0.4) is 0 Å². The van der Waals surface area contributed by atoms with E-state index in [0.717, 1.165) is 39.9 Å². The molecule has 3 aliphatic rings. The topological polar surface area (TPSA) is 227 Å². The van der Waals surface area contributed by atoms with Crippen LogP contribution in [0.2, 0.25) is 0 Å². The number of ether oxygens (including phenoxy) is 3. The van der Waals surface area contributed by atoms with Crippen LogP contribution in [0.1, 0.15) is 88.2 Å². The number of nitrogens with zero attached hydrogens (tertiary/aromatic N) is 8. The van der Waals surface area contributed by atoms with Crippen molar-refractivity contribution in [2.75, 3.05) is 27.3 Å². The summed E-state index contributed by atoms with van der Waals surface area (Å²) in [5.74, 6) is 0.205. The van der Waals surface area contributed by atoms with Crippen LogP contribution in [0.25, 0.3) is 55.4 Å². The molecule has 2 fully saturated rings. The standard InChI is InChI=1S/C50H53FN12O7S/c1-25(2)41(59-49(66)68-5)46(64)61-15-7-9-35(61)43-53-21-32(57-43)27-11-12-34-29(17-27)19-37-40-30(51)18-28(20-38(40)70-48(63(34)37)39-23-55-45(71-39)31-13-14-52-24-56-31)33-22-54-44(58-33)36-10-8-16-62(36)47(65)42(26(3)4)60-50(67)69-6/h11-14,17-26,35-36,41-42,48H,7-10,15-16H2,1-6H3,(H,53,57)(H,54,58)(H,59,66)(H,60,67)/t35-,36-,41?,42?,48?/m0/s1. The van der Waals surface area contributed by atoms with E-state index < -0.39 is 36.3 Å². The zero-order valence-electron chi connectivity index (χ0n) is 39.9. The fourth-order valence-corrected chi connectivity index (χ4v) is 10.8. The van der Waals surface area contributed by atoms with E-state index in [1.165, 1.54) is 38.0 Å². The number of alkyl carbamates (subject to hydrolysis) is 2. The minimum absolute atomic E-state index is 0.167. The smallest absolute Gasteiger partial charge is 0.407 e. The minimum atomic E-state index is -0.789. The number of fused-ring (bicyclic) bond motifs is 5. The van der Waals surface area contributed by atoms with Crippen LogP contribution >= 0.6 is 11.3 Å². The molecule has 4 amide bonds. The number of thiazole rings is 1. The van der Waals surface area contributed by atoms with Gasteiger partial charge in [-0.1, -0.05) is 33.8 Å². The number of halogens is 1. The van der Waals surface area contributed by atoms with E-state index in [1.807, 2.05) is 56.5 Å². The number of rotatable bonds is 12. The number of aromatic amines is 2. The van der Waals surface area contributed by atoms with Gasteiger partial charge >= 0.3 is 12.2 Å². The van der Waals surface area contributed by atoms with Crippen molar-refractivity contribution in [3.63, 3.8) is 0 Å². The van der Waals surface area contributed by atoms with Crippen molar-refractivity contribution in [2.24, 2.45) is 11.8 Å². The average molecular weight is 985 g/mol. The van der Waals surface area contributed by atoms with E-state index >= 15 is 4.39 Å². The lowest BCUT2D eigenvalue weighted by atomic mass is 10.0. The van der Waals surface area contributed by atoms with Crippen molar-refractivity contribution in [1.29, 1.82) is 0 Å². The van der Waals surface area contributed by atoms with Gasteiger partial charge in [-0.05, 0) is 73.9 Å². The number of aromatic nitrogens is 8. The van der Waals surface area contributed by atoms with Crippen molar-refractivity contribution >= 4 is 46.2 Å². The molecule has 21 heteroatoms. The third kappa shape index (κ3) is 8.82. The molecular formula is C50H53FN12O7S. The summed E-state index contributed by atoms with van der Waals surface area (Å²) in [4.78, 5) is 85.7. The van der Waals surface area contributed by atoms with E-state index in [4.69, 9.17) is 29.2 Å². The maximum atomic E-state index is 17.0. The van der Waals surface area contributed by atoms with Gasteiger partial charge in [0.2, 0.25) is 18.0 Å². The minimum Gasteiger partial charge on any atom is -0.464 e. The van der Waals surface area contributed by atoms with Crippen LogP contribution in [0, 0.1) is 17.7 Å². The SMILES string of the molecule is COC(=O)NC(C(=O)N1CCC[C@H]1c1ncc(-c2cc(F)c3c(c2)OC(c2cnc(-c4ccncn4)s2)n2c-3cc3cc(-c4cnc([C@@H]5CCCN5C(=O)C(NC(=O)OC)C(C)C)[nH]4)ccc32)[nH]1)C(C)C. The van der Waals surface area contributed by atoms with E-state index in [9.17, 15) is 19.2 Å². The molecule has 2 aromatic carbocycles. The third-order valence-corrected chi connectivity index (χ3v) is 14.5. The van der Waals surface area contributed by atoms with E-state index in [2.05, 4.69) is 30.6 Å². The number of methoxy groups -OCH3 is 2. The van der Waals surface area contributed by atoms with Gasteiger partial charge in [0.25, 0.3) is 0 Å². The summed E-state index contributed by atoms with van der Waals surface area (Å²) in [5.41, 5.74) is 4.93. The zero-order valence-corrected chi connectivity index (χ0v) is 40.8. The Morgan fingerprint density at radius 3 is 1.97 bits per heavy atom. The van der Waals surface area contributed by atoms with Crippen LogP contribution in [0.5, 0.6) is 5.75 Å². The van der Waals surface area contributed by atoms with Gasteiger partial charge in [-0.25, -0.2) is 38.9 Å². The molecule has 19 nitrogen and oxygen atoms in total. The lowest BCUT2D eigenvalue weighted by Gasteiger charge is -2.30. The number of imidazole rings is 2. The predicted octanol–water partition coefficient (Wildman–Crippen LogP) is 8.17. The number of carbonyl (C=O) groups is 4. The summed E-state index contributed by atoms with van der Waals surface area (Å²) in [6, 6.07) is 10.7. The van der Waals surface area contributed by atoms with Gasteiger partial charge < -0.3 is 44.6 Å². The maximum Gasteiger partial charge on any atom is 0.407 e. The summed E-state index contributed by atoms with van der Waals surface area (Å²) in [7, 11) is 2.53. The summed E-state index contributed by atoms with van der Waals surface area (Å²) in [5, 5.41) is 6.87. The summed E-state index contributed by atoms with van der Waals surface area (Å²) >= 11 is 1.41. The molecular weight excluding hydrogens is 932 g/mol. The molecule has 3 unspecified atom stereocenters. The highest BCUT2D eigenvalue weighted by Gasteiger charge is 2.40. The number of likely N-dealkylation sites (tertiary alicyclic amines) is 2. The lowest BCUT2D eigenvalue weighted by molar-refractivity contribution is -0.136. The monoisotopic (exact) mass is 984 g/mol. The first kappa shape index (κ1) is 47.0. The quantitative estimate of drug-likeness (QED) is 0.0909. The van der Waals surface area contributed by atoms with Crippen molar-refractivity contribution in [3.8, 4) is 50.2 Å². The molecule has 2 saturated heterocycles. The maximum absolute atomic E-state index is 17.0. The Kier molecular flexibility index (Phi) is 12.8. The van der Waals surface area contributed by atoms with Gasteiger partial charge in [-0.2, -0.15) is 0 Å². The lowest BCUT2D eigenvalue weighted by Crippen LogP contribution is -2.51. The number of amides is 4. The molecule has 7 aromatic rings. The number of benzene rings is 2. The number of hydrogen-bond donors (Lipinski definition) is 4. The van der Waals surface area contributed by atoms with Gasteiger partial charge in [0.15, 0.2) is 0 Å². The highest BCUT2D eigenvalue weighted by Crippen LogP contribution is 2.48. The molecule has 71 heavy (non-hydrogen) atoms. The molecule has 0 aliphatic carbocycles. The van der Waals surface area contributed by atoms with Gasteiger partial charge in [-0.3, -0.25) is 14.2 Å². The second-order valence-electron chi connectivity index (χ2n) is 18.6. The molecule has 5 aromatic heterocycles. The molecule has 3 aliphatic heterocycles. The summed E-state index contributed by atoms with van der Waals surface area (Å²) in [6.07, 6.45) is 9.05. The van der Waals surface area contributed by atoms with Crippen LogP contribution in [0.4, 0.5) is 14.0 Å². The number of hydrogen-bond acceptors (Lipinski definition) is 13. The fraction of sp³-hybridized carbons (Fsp3) is 0.380. The largest absolute Gasteiger partial charge is 0.464 e. The Balaban J connectivity index is 0.983. The molecule has 0 saturated carbocycles. The summed E-state index contributed by atoms with van der Waals surface area (Å²) in [6.45, 7) is 8.50. The highest BCUT2D eigenvalue weighted by molar-refractivity contribution is 7.15. The van der Waals surface area contributed by atoms with Crippen LogP contribution in [-0.4, -0.2) is 113 Å². The number of carbonyl (C=O) groups excluding carboxylic acids is 4. The molecule has 8 heterocycles. The Labute approximate surface area is 411 Å². The third-order valence-electron chi connectivity index (χ3n) is 13.5. The van der Waals surface area contributed by atoms with E-state index in [1.54, 1.807) is 46.7 Å². The van der Waals surface area contributed by atoms with E-state index in [-0.39, 0.29) is 41.3 Å². The van der Waals surface area contributed by atoms with Gasteiger partial charge in [0.1, 0.15) is 52.3 Å². The Bertz CT molecular complexity index is 3150. The first-order valence-corrected chi connectivity index (χ1v) is 24.4. The zero-order chi connectivity index (χ0) is 49.7. The van der Waals surface area contributed by atoms with E-state index in [0.29, 0.717) is 71.0 Å². The van der Waals surface area contributed by atoms with Crippen LogP contribution in [-0.2, 0) is 19.1 Å². The van der Waals surface area contributed by atoms with Crippen molar-refractivity contribution in [3.05, 3.63) is 95.9 Å². The van der Waals surface area contributed by atoms with Crippen molar-refractivity contribution in [1.82, 2.24) is 59.9 Å². The second-order valence-corrected chi connectivity index (χ2v) is 19.7. The van der Waals surface area contributed by atoms with Crippen LogP contribution < -0.4 is 15.4 Å². The molecule has 368 valence electrons. The van der Waals surface area contributed by atoms with Gasteiger partial charge in [0.05, 0.1) is 71.7 Å².